The van der Waals surface area contributed by atoms with Crippen LogP contribution in [0.2, 0.25) is 0 Å². The number of nitrogens with zero attached hydrogens (tertiary/aromatic N) is 1. The molecule has 1 N–H and O–H groups in total. The topological polar surface area (TPSA) is 24.5 Å². The van der Waals surface area contributed by atoms with E-state index in [0.29, 0.717) is 6.04 Å². The zero-order valence-electron chi connectivity index (χ0n) is 12.8. The number of benzene rings is 1. The molecule has 0 heterocycles. The molecule has 0 aliphatic carbocycles. The molecule has 0 saturated heterocycles. The highest BCUT2D eigenvalue weighted by Gasteiger charge is 2.04. The molecular formula is C16H28N2O. The van der Waals surface area contributed by atoms with E-state index in [2.05, 4.69) is 55.5 Å². The van der Waals surface area contributed by atoms with Gasteiger partial charge in [0.15, 0.2) is 0 Å². The summed E-state index contributed by atoms with van der Waals surface area (Å²) in [6.45, 7) is 4.17. The number of rotatable bonds is 9. The molecule has 19 heavy (non-hydrogen) atoms. The van der Waals surface area contributed by atoms with Crippen molar-refractivity contribution >= 4 is 5.69 Å². The maximum absolute atomic E-state index is 5.04. The van der Waals surface area contributed by atoms with Gasteiger partial charge in [-0.3, -0.25) is 0 Å². The highest BCUT2D eigenvalue weighted by molar-refractivity contribution is 5.46. The van der Waals surface area contributed by atoms with E-state index in [4.69, 9.17) is 4.74 Å². The smallest absolute Gasteiger partial charge is 0.0462 e. The Kier molecular flexibility index (Phi) is 7.53. The van der Waals surface area contributed by atoms with E-state index in [-0.39, 0.29) is 0 Å². The number of unbranched alkanes of at least 4 members (excludes halogenated alkanes) is 2. The first-order chi connectivity index (χ1) is 9.15. The maximum Gasteiger partial charge on any atom is 0.0462 e. The quantitative estimate of drug-likeness (QED) is 0.693. The Hall–Kier alpha value is -1.06. The predicted molar refractivity (Wildman–Crippen MR) is 82.9 cm³/mol. The zero-order valence-corrected chi connectivity index (χ0v) is 12.8. The fourth-order valence-corrected chi connectivity index (χ4v) is 2.05. The van der Waals surface area contributed by atoms with Gasteiger partial charge in [-0.25, -0.2) is 0 Å². The summed E-state index contributed by atoms with van der Waals surface area (Å²) >= 11 is 0. The number of hydrogen-bond donors (Lipinski definition) is 1. The molecule has 0 amide bonds. The lowest BCUT2D eigenvalue weighted by atomic mass is 10.1. The third kappa shape index (κ3) is 6.08. The van der Waals surface area contributed by atoms with Crippen molar-refractivity contribution in [3.05, 3.63) is 29.8 Å². The van der Waals surface area contributed by atoms with Crippen LogP contribution in [0.3, 0.4) is 0 Å². The Labute approximate surface area is 118 Å². The Balaban J connectivity index is 2.27. The molecule has 108 valence electrons. The van der Waals surface area contributed by atoms with Crippen LogP contribution in [-0.4, -0.2) is 34.4 Å². The summed E-state index contributed by atoms with van der Waals surface area (Å²) in [5.41, 5.74) is 2.60. The van der Waals surface area contributed by atoms with Gasteiger partial charge in [0.2, 0.25) is 0 Å². The Morgan fingerprint density at radius 3 is 2.37 bits per heavy atom. The van der Waals surface area contributed by atoms with Crippen molar-refractivity contribution in [3.63, 3.8) is 0 Å². The molecule has 0 bridgehead atoms. The molecule has 0 saturated carbocycles. The van der Waals surface area contributed by atoms with E-state index in [1.54, 1.807) is 7.11 Å². The van der Waals surface area contributed by atoms with Gasteiger partial charge in [0.1, 0.15) is 0 Å². The van der Waals surface area contributed by atoms with Gasteiger partial charge in [-0.2, -0.15) is 0 Å². The Morgan fingerprint density at radius 2 is 1.79 bits per heavy atom. The fraction of sp³-hybridized carbons (Fsp3) is 0.625. The summed E-state index contributed by atoms with van der Waals surface area (Å²) < 4.78 is 5.04. The first-order valence-electron chi connectivity index (χ1n) is 7.14. The lowest BCUT2D eigenvalue weighted by molar-refractivity contribution is 0.192. The molecule has 0 aromatic heterocycles. The lowest BCUT2D eigenvalue weighted by Gasteiger charge is -2.17. The molecule has 0 aliphatic heterocycles. The summed E-state index contributed by atoms with van der Waals surface area (Å²) in [5.74, 6) is 0. The monoisotopic (exact) mass is 264 g/mol. The summed E-state index contributed by atoms with van der Waals surface area (Å²) in [6, 6.07) is 9.17. The van der Waals surface area contributed by atoms with Crippen molar-refractivity contribution < 1.29 is 4.74 Å². The summed E-state index contributed by atoms with van der Waals surface area (Å²) in [6.07, 6.45) is 3.60. The molecule has 3 heteroatoms. The number of ether oxygens (including phenoxy) is 1. The second kappa shape index (κ2) is 8.94. The summed E-state index contributed by atoms with van der Waals surface area (Å²) in [7, 11) is 5.89. The highest BCUT2D eigenvalue weighted by atomic mass is 16.5. The SMILES string of the molecule is COCCCCCNC(C)c1ccc(N(C)C)cc1. The number of anilines is 1. The van der Waals surface area contributed by atoms with E-state index < -0.39 is 0 Å². The lowest BCUT2D eigenvalue weighted by Crippen LogP contribution is -2.20. The van der Waals surface area contributed by atoms with Crippen molar-refractivity contribution in [2.45, 2.75) is 32.2 Å². The number of nitrogens with one attached hydrogen (secondary N) is 1. The number of methoxy groups -OCH3 is 1. The van der Waals surface area contributed by atoms with Gasteiger partial charge in [0.25, 0.3) is 0 Å². The van der Waals surface area contributed by atoms with E-state index in [9.17, 15) is 0 Å². The summed E-state index contributed by atoms with van der Waals surface area (Å²) in [5, 5.41) is 3.57. The van der Waals surface area contributed by atoms with Crippen molar-refractivity contribution in [1.29, 1.82) is 0 Å². The third-order valence-electron chi connectivity index (χ3n) is 3.39. The van der Waals surface area contributed by atoms with Crippen LogP contribution in [0, 0.1) is 0 Å². The molecule has 0 fully saturated rings. The third-order valence-corrected chi connectivity index (χ3v) is 3.39. The highest BCUT2D eigenvalue weighted by Crippen LogP contribution is 2.17. The molecule has 0 spiro atoms. The van der Waals surface area contributed by atoms with E-state index in [1.165, 1.54) is 24.1 Å². The van der Waals surface area contributed by atoms with E-state index in [1.807, 2.05) is 0 Å². The molecule has 1 atom stereocenters. The van der Waals surface area contributed by atoms with Gasteiger partial charge in [-0.05, 0) is 50.4 Å². The van der Waals surface area contributed by atoms with Gasteiger partial charge in [-0.1, -0.05) is 12.1 Å². The van der Waals surface area contributed by atoms with Gasteiger partial charge in [0, 0.05) is 39.5 Å². The molecule has 0 radical (unpaired) electrons. The van der Waals surface area contributed by atoms with Gasteiger partial charge < -0.3 is 15.0 Å². The largest absolute Gasteiger partial charge is 0.385 e. The Bertz CT molecular complexity index is 335. The minimum atomic E-state index is 0.415. The molecule has 1 aromatic rings. The normalized spacial score (nSPS) is 12.4. The van der Waals surface area contributed by atoms with Crippen LogP contribution < -0.4 is 10.2 Å². The maximum atomic E-state index is 5.04. The van der Waals surface area contributed by atoms with Crippen molar-refractivity contribution in [2.75, 3.05) is 39.3 Å². The van der Waals surface area contributed by atoms with Crippen LogP contribution >= 0.6 is 0 Å². The average molecular weight is 264 g/mol. The fourth-order valence-electron chi connectivity index (χ4n) is 2.05. The van der Waals surface area contributed by atoms with Crippen LogP contribution in [0.1, 0.15) is 37.8 Å². The van der Waals surface area contributed by atoms with Crippen LogP contribution in [0.4, 0.5) is 5.69 Å². The van der Waals surface area contributed by atoms with Gasteiger partial charge >= 0.3 is 0 Å². The second-order valence-corrected chi connectivity index (χ2v) is 5.22. The zero-order chi connectivity index (χ0) is 14.1. The average Bonchev–Trinajstić information content (AvgIpc) is 2.42. The van der Waals surface area contributed by atoms with E-state index >= 15 is 0 Å². The Morgan fingerprint density at radius 1 is 1.11 bits per heavy atom. The standard InChI is InChI=1S/C16H28N2O/c1-14(17-12-6-5-7-13-19-4)15-8-10-16(11-9-15)18(2)3/h8-11,14,17H,5-7,12-13H2,1-4H3. The van der Waals surface area contributed by atoms with Crippen LogP contribution in [0.15, 0.2) is 24.3 Å². The minimum Gasteiger partial charge on any atom is -0.385 e. The molecule has 1 aromatic carbocycles. The van der Waals surface area contributed by atoms with Crippen molar-refractivity contribution in [2.24, 2.45) is 0 Å². The van der Waals surface area contributed by atoms with Crippen molar-refractivity contribution in [3.8, 4) is 0 Å². The first-order valence-corrected chi connectivity index (χ1v) is 7.14. The molecule has 1 rings (SSSR count). The first kappa shape index (κ1) is 16.0. The number of hydrogen-bond acceptors (Lipinski definition) is 3. The second-order valence-electron chi connectivity index (χ2n) is 5.22. The van der Waals surface area contributed by atoms with Crippen LogP contribution in [-0.2, 0) is 4.74 Å². The minimum absolute atomic E-state index is 0.415. The van der Waals surface area contributed by atoms with Crippen molar-refractivity contribution in [1.82, 2.24) is 5.32 Å². The molecular weight excluding hydrogens is 236 g/mol. The predicted octanol–water partition coefficient (Wildman–Crippen LogP) is 3.22. The molecule has 3 nitrogen and oxygen atoms in total. The van der Waals surface area contributed by atoms with Crippen LogP contribution in [0.5, 0.6) is 0 Å². The summed E-state index contributed by atoms with van der Waals surface area (Å²) in [4.78, 5) is 2.12. The van der Waals surface area contributed by atoms with E-state index in [0.717, 1.165) is 19.6 Å². The van der Waals surface area contributed by atoms with Gasteiger partial charge in [0.05, 0.1) is 0 Å². The van der Waals surface area contributed by atoms with Gasteiger partial charge in [-0.15, -0.1) is 0 Å². The molecule has 0 aliphatic rings. The molecule has 1 unspecified atom stereocenters. The van der Waals surface area contributed by atoms with Crippen LogP contribution in [0.25, 0.3) is 0 Å².